The molecule has 2 aromatic carbocycles. The minimum absolute atomic E-state index is 0.00851. The molecule has 0 aliphatic rings. The maximum Gasteiger partial charge on any atom is 0.417 e. The molecule has 13 heteroatoms. The molecule has 0 aliphatic carbocycles. The second-order valence-corrected chi connectivity index (χ2v) is 11.6. The van der Waals surface area contributed by atoms with Gasteiger partial charge >= 0.3 is 6.18 Å². The van der Waals surface area contributed by atoms with E-state index in [1.54, 1.807) is 13.8 Å². The molecule has 3 aromatic rings. The highest BCUT2D eigenvalue weighted by Gasteiger charge is 2.36. The van der Waals surface area contributed by atoms with Crippen LogP contribution in [0.4, 0.5) is 13.2 Å². The van der Waals surface area contributed by atoms with Gasteiger partial charge in [-0.15, -0.1) is 10.2 Å². The first kappa shape index (κ1) is 28.5. The minimum atomic E-state index is -4.59. The van der Waals surface area contributed by atoms with E-state index in [2.05, 4.69) is 15.5 Å². The first-order chi connectivity index (χ1) is 17.2. The number of carbonyl (C=O) groups excluding carboxylic acids is 1. The van der Waals surface area contributed by atoms with E-state index in [1.165, 1.54) is 54.9 Å². The number of hydrogen-bond donors (Lipinski definition) is 1. The zero-order chi connectivity index (χ0) is 27.6. The molecule has 0 saturated heterocycles. The summed E-state index contributed by atoms with van der Waals surface area (Å²) in [5.74, 6) is -0.558. The Kier molecular flexibility index (Phi) is 8.23. The van der Waals surface area contributed by atoms with Crippen LogP contribution < -0.4 is 10.1 Å². The molecule has 3 rings (SSSR count). The summed E-state index contributed by atoms with van der Waals surface area (Å²) >= 11 is 6.08. The summed E-state index contributed by atoms with van der Waals surface area (Å²) in [6, 6.07) is 9.40. The van der Waals surface area contributed by atoms with Crippen LogP contribution in [0.5, 0.6) is 5.75 Å². The number of nitrogens with zero attached hydrogens (tertiary/aromatic N) is 3. The number of nitrogens with one attached hydrogen (secondary N) is 1. The number of benzene rings is 2. The van der Waals surface area contributed by atoms with Crippen LogP contribution in [0, 0.1) is 0 Å². The number of ether oxygens (including phenoxy) is 1. The molecule has 0 unspecified atom stereocenters. The Bertz CT molecular complexity index is 1410. The third-order valence-electron chi connectivity index (χ3n) is 5.58. The van der Waals surface area contributed by atoms with Crippen molar-refractivity contribution in [3.8, 4) is 17.1 Å². The molecule has 0 saturated carbocycles. The number of sulfone groups is 1. The van der Waals surface area contributed by atoms with Crippen LogP contribution in [0.15, 0.2) is 42.5 Å². The molecule has 1 aromatic heterocycles. The van der Waals surface area contributed by atoms with Crippen molar-refractivity contribution in [1.29, 1.82) is 0 Å². The highest BCUT2D eigenvalue weighted by molar-refractivity contribution is 7.91. The van der Waals surface area contributed by atoms with Crippen molar-refractivity contribution in [1.82, 2.24) is 20.1 Å². The van der Waals surface area contributed by atoms with Crippen LogP contribution in [0.25, 0.3) is 11.4 Å². The predicted octanol–water partition coefficient (Wildman–Crippen LogP) is 4.63. The van der Waals surface area contributed by atoms with Crippen LogP contribution in [-0.2, 0) is 28.7 Å². The van der Waals surface area contributed by atoms with Crippen molar-refractivity contribution in [3.05, 3.63) is 64.4 Å². The fourth-order valence-corrected chi connectivity index (χ4v) is 4.54. The van der Waals surface area contributed by atoms with Gasteiger partial charge in [0.1, 0.15) is 5.75 Å². The summed E-state index contributed by atoms with van der Waals surface area (Å²) in [7, 11) is -1.76. The van der Waals surface area contributed by atoms with Gasteiger partial charge in [0.25, 0.3) is 5.91 Å². The number of rotatable bonds is 9. The van der Waals surface area contributed by atoms with Crippen molar-refractivity contribution >= 4 is 27.3 Å². The van der Waals surface area contributed by atoms with Gasteiger partial charge in [-0.05, 0) is 38.1 Å². The van der Waals surface area contributed by atoms with E-state index in [9.17, 15) is 26.4 Å². The van der Waals surface area contributed by atoms with Crippen molar-refractivity contribution < 1.29 is 31.1 Å². The molecular formula is C24H26ClF3N4O4S. The molecule has 1 N–H and O–H groups in total. The first-order valence-electron chi connectivity index (χ1n) is 11.2. The average Bonchev–Trinajstić information content (AvgIpc) is 3.21. The molecule has 0 radical (unpaired) electrons. The van der Waals surface area contributed by atoms with E-state index in [4.69, 9.17) is 16.3 Å². The number of halogens is 4. The smallest absolute Gasteiger partial charge is 0.417 e. The van der Waals surface area contributed by atoms with Gasteiger partial charge in [0.15, 0.2) is 27.1 Å². The zero-order valence-electron chi connectivity index (χ0n) is 20.6. The fraction of sp³-hybridized carbons (Fsp3) is 0.375. The number of carbonyl (C=O) groups is 1. The molecule has 200 valence electrons. The van der Waals surface area contributed by atoms with Crippen molar-refractivity contribution in [2.75, 3.05) is 18.1 Å². The van der Waals surface area contributed by atoms with Gasteiger partial charge in [0.2, 0.25) is 0 Å². The minimum Gasteiger partial charge on any atom is -0.479 e. The van der Waals surface area contributed by atoms with Gasteiger partial charge in [0, 0.05) is 29.9 Å². The molecule has 1 amide bonds. The Hall–Kier alpha value is -3.12. The zero-order valence-corrected chi connectivity index (χ0v) is 22.1. The largest absolute Gasteiger partial charge is 0.479 e. The van der Waals surface area contributed by atoms with Crippen LogP contribution in [0.2, 0.25) is 5.02 Å². The van der Waals surface area contributed by atoms with Crippen LogP contribution in [0.3, 0.4) is 0 Å². The number of hydrogen-bond acceptors (Lipinski definition) is 6. The Balaban J connectivity index is 1.91. The second-order valence-electron chi connectivity index (χ2n) is 8.69. The van der Waals surface area contributed by atoms with Gasteiger partial charge < -0.3 is 14.6 Å². The van der Waals surface area contributed by atoms with Crippen LogP contribution >= 0.6 is 11.6 Å². The molecule has 37 heavy (non-hydrogen) atoms. The molecule has 0 bridgehead atoms. The topological polar surface area (TPSA) is 103 Å². The van der Waals surface area contributed by atoms with E-state index in [1.807, 2.05) is 0 Å². The molecule has 0 fully saturated rings. The molecular weight excluding hydrogens is 533 g/mol. The second kappa shape index (κ2) is 10.7. The van der Waals surface area contributed by atoms with Gasteiger partial charge in [-0.25, -0.2) is 8.42 Å². The van der Waals surface area contributed by atoms with Gasteiger partial charge in [-0.1, -0.05) is 36.7 Å². The maximum atomic E-state index is 13.6. The molecule has 8 nitrogen and oxygen atoms in total. The molecule has 1 heterocycles. The Morgan fingerprint density at radius 2 is 1.81 bits per heavy atom. The van der Waals surface area contributed by atoms with E-state index >= 15 is 0 Å². The van der Waals surface area contributed by atoms with Gasteiger partial charge in [-0.2, -0.15) is 13.2 Å². The standard InChI is InChI=1S/C24H26ClF3N4O4S/c1-5-37(34,35)13-12-29-21(33)17-14-15(25)10-11-19(17)36-23(2,3)22-31-30-20(32(22)4)16-8-6-7-9-18(16)24(26,27)28/h6-11,14H,5,12-13H2,1-4H3,(H,29,33). The Morgan fingerprint density at radius 3 is 2.46 bits per heavy atom. The predicted molar refractivity (Wildman–Crippen MR) is 133 cm³/mol. The Labute approximate surface area is 217 Å². The lowest BCUT2D eigenvalue weighted by atomic mass is 10.1. The highest BCUT2D eigenvalue weighted by atomic mass is 35.5. The monoisotopic (exact) mass is 558 g/mol. The summed E-state index contributed by atoms with van der Waals surface area (Å²) in [5, 5.41) is 10.9. The quantitative estimate of drug-likeness (QED) is 0.411. The Morgan fingerprint density at radius 1 is 1.14 bits per heavy atom. The van der Waals surface area contributed by atoms with E-state index in [-0.39, 0.29) is 51.6 Å². The summed E-state index contributed by atoms with van der Waals surface area (Å²) < 4.78 is 71.6. The maximum absolute atomic E-state index is 13.6. The van der Waals surface area contributed by atoms with Crippen molar-refractivity contribution in [3.63, 3.8) is 0 Å². The third kappa shape index (κ3) is 6.61. The summed E-state index contributed by atoms with van der Waals surface area (Å²) in [6.07, 6.45) is -4.59. The van der Waals surface area contributed by atoms with Crippen LogP contribution in [-0.4, -0.2) is 47.1 Å². The summed E-state index contributed by atoms with van der Waals surface area (Å²) in [6.45, 7) is 4.67. The summed E-state index contributed by atoms with van der Waals surface area (Å²) in [5.41, 5.74) is -2.18. The SMILES string of the molecule is CCS(=O)(=O)CCNC(=O)c1cc(Cl)ccc1OC(C)(C)c1nnc(-c2ccccc2C(F)(F)F)n1C. The normalized spacial score (nSPS) is 12.4. The third-order valence-corrected chi connectivity index (χ3v) is 7.52. The van der Waals surface area contributed by atoms with Gasteiger partial charge in [0.05, 0.1) is 16.9 Å². The molecule has 0 atom stereocenters. The van der Waals surface area contributed by atoms with E-state index in [0.717, 1.165) is 6.07 Å². The summed E-state index contributed by atoms with van der Waals surface area (Å²) in [4.78, 5) is 12.8. The number of amides is 1. The van der Waals surface area contributed by atoms with Gasteiger partial charge in [-0.3, -0.25) is 4.79 Å². The first-order valence-corrected chi connectivity index (χ1v) is 13.4. The van der Waals surface area contributed by atoms with Crippen molar-refractivity contribution in [2.45, 2.75) is 32.5 Å². The lowest BCUT2D eigenvalue weighted by Gasteiger charge is -2.27. The van der Waals surface area contributed by atoms with Crippen molar-refractivity contribution in [2.24, 2.45) is 7.05 Å². The number of aromatic nitrogens is 3. The van der Waals surface area contributed by atoms with E-state index in [0.29, 0.717) is 0 Å². The lowest BCUT2D eigenvalue weighted by molar-refractivity contribution is -0.137. The fourth-order valence-electron chi connectivity index (χ4n) is 3.66. The van der Waals surface area contributed by atoms with Crippen LogP contribution in [0.1, 0.15) is 42.5 Å². The lowest BCUT2D eigenvalue weighted by Crippen LogP contribution is -2.32. The average molecular weight is 559 g/mol. The van der Waals surface area contributed by atoms with E-state index < -0.39 is 33.1 Å². The molecule has 0 aliphatic heterocycles. The molecule has 0 spiro atoms. The highest BCUT2D eigenvalue weighted by Crippen LogP contribution is 2.37. The number of alkyl halides is 3.